The molecule has 1 heterocycles. The number of ether oxygens (including phenoxy) is 3. The fourth-order valence-electron chi connectivity index (χ4n) is 3.07. The average Bonchev–Trinajstić information content (AvgIpc) is 3.23. The molecule has 7 nitrogen and oxygen atoms in total. The summed E-state index contributed by atoms with van der Waals surface area (Å²) in [5, 5.41) is 7.07. The van der Waals surface area contributed by atoms with E-state index in [4.69, 9.17) is 19.0 Å². The highest BCUT2D eigenvalue weighted by Gasteiger charge is 2.30. The summed E-state index contributed by atoms with van der Waals surface area (Å²) in [6.45, 7) is 1.93. The maximum atomic E-state index is 12.6. The van der Waals surface area contributed by atoms with Gasteiger partial charge in [-0.2, -0.15) is 0 Å². The number of hydrogen-bond donors (Lipinski definition) is 1. The van der Waals surface area contributed by atoms with E-state index in [2.05, 4.69) is 10.5 Å². The second-order valence-electron chi connectivity index (χ2n) is 6.39. The van der Waals surface area contributed by atoms with Crippen LogP contribution in [0.4, 0.5) is 0 Å². The lowest BCUT2D eigenvalue weighted by Crippen LogP contribution is -2.36. The Hall–Kier alpha value is -3.22. The molecule has 0 aliphatic carbocycles. The summed E-state index contributed by atoms with van der Waals surface area (Å²) in [5.41, 5.74) is 2.42. The second kappa shape index (κ2) is 8.65. The second-order valence-corrected chi connectivity index (χ2v) is 6.39. The summed E-state index contributed by atoms with van der Waals surface area (Å²) in [7, 11) is 4.65. The number of carbonyl (C=O) groups excluding carboxylic acids is 1. The number of carbonyl (C=O) groups is 1. The van der Waals surface area contributed by atoms with E-state index in [1.165, 1.54) is 0 Å². The number of benzene rings is 2. The summed E-state index contributed by atoms with van der Waals surface area (Å²) in [6.07, 6.45) is -0.327. The van der Waals surface area contributed by atoms with E-state index < -0.39 is 6.10 Å². The molecule has 1 N–H and O–H groups in total. The van der Waals surface area contributed by atoms with Crippen LogP contribution in [0.25, 0.3) is 0 Å². The van der Waals surface area contributed by atoms with Crippen LogP contribution in [0.1, 0.15) is 30.5 Å². The maximum absolute atomic E-state index is 12.6. The van der Waals surface area contributed by atoms with Crippen LogP contribution in [0, 0.1) is 0 Å². The van der Waals surface area contributed by atoms with Crippen molar-refractivity contribution >= 4 is 11.6 Å². The van der Waals surface area contributed by atoms with Crippen LogP contribution < -0.4 is 19.5 Å². The Kier molecular flexibility index (Phi) is 6.03. The summed E-state index contributed by atoms with van der Waals surface area (Å²) in [4.78, 5) is 18.0. The zero-order valence-corrected chi connectivity index (χ0v) is 16.4. The predicted molar refractivity (Wildman–Crippen MR) is 105 cm³/mol. The topological polar surface area (TPSA) is 78.4 Å². The smallest absolute Gasteiger partial charge is 0.264 e. The first-order valence-electron chi connectivity index (χ1n) is 8.95. The van der Waals surface area contributed by atoms with E-state index in [-0.39, 0.29) is 11.9 Å². The molecule has 7 heteroatoms. The molecular weight excluding hydrogens is 360 g/mol. The van der Waals surface area contributed by atoms with Crippen molar-refractivity contribution in [1.82, 2.24) is 5.32 Å². The SMILES string of the molecule is COc1cc(C2=NO[C@@H](C(=O)N[C@H](C)c3ccccc3)C2)cc(OC)c1OC. The molecule has 1 amide bonds. The zero-order valence-electron chi connectivity index (χ0n) is 16.4. The van der Waals surface area contributed by atoms with Gasteiger partial charge in [-0.25, -0.2) is 0 Å². The molecule has 1 aliphatic heterocycles. The number of hydrogen-bond acceptors (Lipinski definition) is 6. The lowest BCUT2D eigenvalue weighted by atomic mass is 10.0. The lowest BCUT2D eigenvalue weighted by molar-refractivity contribution is -0.131. The van der Waals surface area contributed by atoms with Crippen molar-refractivity contribution in [3.63, 3.8) is 0 Å². The monoisotopic (exact) mass is 384 g/mol. The van der Waals surface area contributed by atoms with Crippen LogP contribution in [0.15, 0.2) is 47.6 Å². The van der Waals surface area contributed by atoms with Crippen molar-refractivity contribution in [3.05, 3.63) is 53.6 Å². The van der Waals surface area contributed by atoms with Crippen molar-refractivity contribution in [2.75, 3.05) is 21.3 Å². The third-order valence-corrected chi connectivity index (χ3v) is 4.62. The Labute approximate surface area is 164 Å². The molecule has 0 saturated carbocycles. The van der Waals surface area contributed by atoms with Crippen molar-refractivity contribution < 1.29 is 23.8 Å². The molecule has 2 aromatic carbocycles. The maximum Gasteiger partial charge on any atom is 0.264 e. The van der Waals surface area contributed by atoms with Gasteiger partial charge in [-0.05, 0) is 24.6 Å². The van der Waals surface area contributed by atoms with Gasteiger partial charge in [0.05, 0.1) is 33.1 Å². The van der Waals surface area contributed by atoms with Gasteiger partial charge in [0.25, 0.3) is 5.91 Å². The van der Waals surface area contributed by atoms with Crippen LogP contribution in [-0.2, 0) is 9.63 Å². The molecule has 3 rings (SSSR count). The minimum atomic E-state index is -0.680. The number of amides is 1. The molecule has 0 unspecified atom stereocenters. The number of methoxy groups -OCH3 is 3. The van der Waals surface area contributed by atoms with Crippen molar-refractivity contribution in [1.29, 1.82) is 0 Å². The molecule has 0 aromatic heterocycles. The van der Waals surface area contributed by atoms with Gasteiger partial charge < -0.3 is 24.4 Å². The molecule has 28 heavy (non-hydrogen) atoms. The highest BCUT2D eigenvalue weighted by molar-refractivity contribution is 6.04. The quantitative estimate of drug-likeness (QED) is 0.794. The fraction of sp³-hybridized carbons (Fsp3) is 0.333. The van der Waals surface area contributed by atoms with E-state index in [0.29, 0.717) is 29.4 Å². The summed E-state index contributed by atoms with van der Waals surface area (Å²) in [6, 6.07) is 13.2. The molecule has 0 bridgehead atoms. The number of nitrogens with one attached hydrogen (secondary N) is 1. The van der Waals surface area contributed by atoms with Crippen LogP contribution in [-0.4, -0.2) is 39.1 Å². The van der Waals surface area contributed by atoms with Crippen molar-refractivity contribution in [3.8, 4) is 17.2 Å². The first-order valence-corrected chi connectivity index (χ1v) is 8.95. The Morgan fingerprint density at radius 3 is 2.32 bits per heavy atom. The van der Waals surface area contributed by atoms with Gasteiger partial charge in [-0.15, -0.1) is 0 Å². The van der Waals surface area contributed by atoms with Crippen LogP contribution in [0.5, 0.6) is 17.2 Å². The third kappa shape index (κ3) is 4.03. The van der Waals surface area contributed by atoms with Gasteiger partial charge in [0.15, 0.2) is 11.5 Å². The molecular formula is C21H24N2O5. The van der Waals surface area contributed by atoms with E-state index >= 15 is 0 Å². The molecule has 0 radical (unpaired) electrons. The number of nitrogens with zero attached hydrogens (tertiary/aromatic N) is 1. The summed E-state index contributed by atoms with van der Waals surface area (Å²) < 4.78 is 16.1. The molecule has 1 aliphatic rings. The molecule has 2 aromatic rings. The molecule has 148 valence electrons. The number of oxime groups is 1. The lowest BCUT2D eigenvalue weighted by Gasteiger charge is -2.16. The number of rotatable bonds is 7. The standard InChI is InChI=1S/C21H24N2O5/c1-13(14-8-6-5-7-9-14)22-21(24)19-12-16(23-28-19)15-10-17(25-2)20(27-4)18(11-15)26-3/h5-11,13,19H,12H2,1-4H3,(H,22,24)/t13-,19-/m1/s1. The third-order valence-electron chi connectivity index (χ3n) is 4.62. The average molecular weight is 384 g/mol. The summed E-state index contributed by atoms with van der Waals surface area (Å²) >= 11 is 0. The van der Waals surface area contributed by atoms with Crippen molar-refractivity contribution in [2.24, 2.45) is 5.16 Å². The Morgan fingerprint density at radius 1 is 1.11 bits per heavy atom. The normalized spacial score (nSPS) is 16.6. The predicted octanol–water partition coefficient (Wildman–Crippen LogP) is 3.08. The molecule has 0 saturated heterocycles. The van der Waals surface area contributed by atoms with Gasteiger partial charge in [0.1, 0.15) is 0 Å². The van der Waals surface area contributed by atoms with E-state index in [1.54, 1.807) is 33.5 Å². The van der Waals surface area contributed by atoms with E-state index in [1.807, 2.05) is 37.3 Å². The minimum absolute atomic E-state index is 0.123. The Bertz CT molecular complexity index is 841. The fourth-order valence-corrected chi connectivity index (χ4v) is 3.07. The highest BCUT2D eigenvalue weighted by Crippen LogP contribution is 2.39. The van der Waals surface area contributed by atoms with Crippen LogP contribution >= 0.6 is 0 Å². The van der Waals surface area contributed by atoms with Gasteiger partial charge in [-0.1, -0.05) is 35.5 Å². The van der Waals surface area contributed by atoms with E-state index in [0.717, 1.165) is 11.1 Å². The largest absolute Gasteiger partial charge is 0.493 e. The van der Waals surface area contributed by atoms with Gasteiger partial charge in [0.2, 0.25) is 11.9 Å². The Balaban J connectivity index is 1.70. The van der Waals surface area contributed by atoms with Gasteiger partial charge in [0, 0.05) is 12.0 Å². The first-order chi connectivity index (χ1) is 13.6. The first kappa shape index (κ1) is 19.5. The highest BCUT2D eigenvalue weighted by atomic mass is 16.6. The molecule has 2 atom stereocenters. The zero-order chi connectivity index (χ0) is 20.1. The molecule has 0 fully saturated rings. The van der Waals surface area contributed by atoms with Gasteiger partial charge in [-0.3, -0.25) is 4.79 Å². The van der Waals surface area contributed by atoms with Crippen LogP contribution in [0.2, 0.25) is 0 Å². The summed E-state index contributed by atoms with van der Waals surface area (Å²) in [5.74, 6) is 1.33. The van der Waals surface area contributed by atoms with Gasteiger partial charge >= 0.3 is 0 Å². The van der Waals surface area contributed by atoms with Crippen LogP contribution in [0.3, 0.4) is 0 Å². The minimum Gasteiger partial charge on any atom is -0.493 e. The molecule has 0 spiro atoms. The Morgan fingerprint density at radius 2 is 1.75 bits per heavy atom. The van der Waals surface area contributed by atoms with Crippen molar-refractivity contribution in [2.45, 2.75) is 25.5 Å². The van der Waals surface area contributed by atoms with E-state index in [9.17, 15) is 4.79 Å².